The molecule has 232 valence electrons. The van der Waals surface area contributed by atoms with Crippen LogP contribution in [0.15, 0.2) is 69.1 Å². The van der Waals surface area contributed by atoms with Gasteiger partial charge in [0.25, 0.3) is 0 Å². The molecule has 3 rings (SSSR count). The van der Waals surface area contributed by atoms with Crippen molar-refractivity contribution in [1.29, 1.82) is 0 Å². The van der Waals surface area contributed by atoms with E-state index in [1.54, 1.807) is 12.1 Å². The van der Waals surface area contributed by atoms with Crippen LogP contribution in [0.1, 0.15) is 108 Å². The van der Waals surface area contributed by atoms with Crippen LogP contribution in [0.4, 0.5) is 0 Å². The largest absolute Gasteiger partial charge is 0.374 e. The maximum absolute atomic E-state index is 12.9. The molecule has 6 nitrogen and oxygen atoms in total. The normalized spacial score (nSPS) is 12.0. The predicted molar refractivity (Wildman–Crippen MR) is 172 cm³/mol. The van der Waals surface area contributed by atoms with Crippen LogP contribution in [-0.4, -0.2) is 16.8 Å². The summed E-state index contributed by atoms with van der Waals surface area (Å²) in [5.74, 6) is -0.333. The van der Waals surface area contributed by atoms with Gasteiger partial charge in [0.15, 0.2) is 11.5 Å². The lowest BCUT2D eigenvalue weighted by Crippen LogP contribution is -2.13. The van der Waals surface area contributed by atoms with Crippen LogP contribution in [0.2, 0.25) is 0 Å². The lowest BCUT2D eigenvalue weighted by atomic mass is 10.0. The molecule has 0 fully saturated rings. The first kappa shape index (κ1) is 34.1. The summed E-state index contributed by atoms with van der Waals surface area (Å²) < 4.78 is 61.6. The van der Waals surface area contributed by atoms with Crippen molar-refractivity contribution in [3.05, 3.63) is 70.4 Å². The summed E-state index contributed by atoms with van der Waals surface area (Å²) in [5, 5.41) is 2.80. The summed E-state index contributed by atoms with van der Waals surface area (Å²) >= 11 is 1.09. The Morgan fingerprint density at radius 3 is 1.36 bits per heavy atom. The van der Waals surface area contributed by atoms with Crippen molar-refractivity contribution in [2.45, 2.75) is 120 Å². The molecule has 0 saturated heterocycles. The van der Waals surface area contributed by atoms with Gasteiger partial charge in [-0.15, -0.1) is 11.3 Å². The molecule has 2 aromatic carbocycles. The van der Waals surface area contributed by atoms with Crippen molar-refractivity contribution >= 4 is 31.6 Å². The molecule has 1 heterocycles. The second kappa shape index (κ2) is 17.7. The molecule has 0 unspecified atom stereocenters. The number of hydrogen-bond donors (Lipinski definition) is 0. The average molecular weight is 635 g/mol. The minimum atomic E-state index is -4.17. The SMILES string of the molecule is CCCCCCCCCCCCCCCCc1ccc(S(=O)(=O)Oc2cscc2OS(=O)(=O)c2ccc(C)cc2)cc1. The van der Waals surface area contributed by atoms with Gasteiger partial charge in [-0.2, -0.15) is 16.8 Å². The zero-order valence-corrected chi connectivity index (χ0v) is 27.5. The molecule has 0 aliphatic rings. The third-order valence-electron chi connectivity index (χ3n) is 7.33. The minimum absolute atomic E-state index is 0.00533. The highest BCUT2D eigenvalue weighted by molar-refractivity contribution is 7.87. The molecule has 0 radical (unpaired) electrons. The van der Waals surface area contributed by atoms with E-state index in [-0.39, 0.29) is 21.3 Å². The maximum atomic E-state index is 12.9. The molecule has 0 amide bonds. The average Bonchev–Trinajstić information content (AvgIpc) is 3.38. The van der Waals surface area contributed by atoms with E-state index in [1.807, 2.05) is 19.1 Å². The number of unbranched alkanes of at least 4 members (excludes halogenated alkanes) is 13. The number of benzene rings is 2. The topological polar surface area (TPSA) is 86.7 Å². The van der Waals surface area contributed by atoms with Gasteiger partial charge in [0.2, 0.25) is 0 Å². The summed E-state index contributed by atoms with van der Waals surface area (Å²) in [6.07, 6.45) is 19.3. The van der Waals surface area contributed by atoms with Crippen LogP contribution in [0, 0.1) is 6.92 Å². The first-order valence-electron chi connectivity index (χ1n) is 15.3. The fraction of sp³-hybridized carbons (Fsp3) is 0.515. The molecular formula is C33H46O6S3. The zero-order chi connectivity index (χ0) is 30.3. The summed E-state index contributed by atoms with van der Waals surface area (Å²) in [7, 11) is -8.31. The summed E-state index contributed by atoms with van der Waals surface area (Å²) in [5.41, 5.74) is 1.99. The van der Waals surface area contributed by atoms with Gasteiger partial charge in [-0.05, 0) is 49.6 Å². The lowest BCUT2D eigenvalue weighted by Gasteiger charge is -2.10. The molecule has 0 bridgehead atoms. The van der Waals surface area contributed by atoms with Crippen LogP contribution in [0.5, 0.6) is 11.5 Å². The van der Waals surface area contributed by atoms with Crippen molar-refractivity contribution in [3.63, 3.8) is 0 Å². The Kier molecular flexibility index (Phi) is 14.4. The van der Waals surface area contributed by atoms with Gasteiger partial charge in [0.05, 0.1) is 0 Å². The van der Waals surface area contributed by atoms with Crippen molar-refractivity contribution in [2.75, 3.05) is 0 Å². The molecular weight excluding hydrogens is 589 g/mol. The highest BCUT2D eigenvalue weighted by Gasteiger charge is 2.24. The highest BCUT2D eigenvalue weighted by atomic mass is 32.2. The molecule has 1 aromatic heterocycles. The van der Waals surface area contributed by atoms with Crippen molar-refractivity contribution in [3.8, 4) is 11.5 Å². The lowest BCUT2D eigenvalue weighted by molar-refractivity contribution is 0.451. The first-order chi connectivity index (χ1) is 20.2. The fourth-order valence-corrected chi connectivity index (χ4v) is 7.41. The van der Waals surface area contributed by atoms with Crippen LogP contribution in [-0.2, 0) is 26.7 Å². The van der Waals surface area contributed by atoms with Gasteiger partial charge in [-0.3, -0.25) is 0 Å². The van der Waals surface area contributed by atoms with Gasteiger partial charge >= 0.3 is 20.2 Å². The van der Waals surface area contributed by atoms with Gasteiger partial charge in [0, 0.05) is 10.8 Å². The van der Waals surface area contributed by atoms with Crippen LogP contribution < -0.4 is 8.37 Å². The fourth-order valence-electron chi connectivity index (χ4n) is 4.78. The monoisotopic (exact) mass is 634 g/mol. The zero-order valence-electron chi connectivity index (χ0n) is 25.1. The van der Waals surface area contributed by atoms with E-state index in [0.29, 0.717) is 0 Å². The Morgan fingerprint density at radius 2 is 0.929 bits per heavy atom. The maximum Gasteiger partial charge on any atom is 0.339 e. The number of hydrogen-bond acceptors (Lipinski definition) is 7. The van der Waals surface area contributed by atoms with Gasteiger partial charge in [0.1, 0.15) is 9.79 Å². The highest BCUT2D eigenvalue weighted by Crippen LogP contribution is 2.36. The summed E-state index contributed by atoms with van der Waals surface area (Å²) in [4.78, 5) is -0.0201. The number of rotatable bonds is 21. The molecule has 9 heteroatoms. The van der Waals surface area contributed by atoms with E-state index < -0.39 is 20.2 Å². The van der Waals surface area contributed by atoms with Crippen LogP contribution in [0.3, 0.4) is 0 Å². The standard InChI is InChI=1S/C33H46O6S3/c1-3-4-5-6-7-8-9-10-11-12-13-14-15-16-17-29-20-24-31(25-21-29)42(36,37)39-33-27-40-26-32(33)38-41(34,35)30-22-18-28(2)19-23-30/h18-27H,3-17H2,1-2H3. The molecule has 42 heavy (non-hydrogen) atoms. The quantitative estimate of drug-likeness (QED) is 0.0857. The van der Waals surface area contributed by atoms with E-state index in [0.717, 1.165) is 35.3 Å². The summed E-state index contributed by atoms with van der Waals surface area (Å²) in [6, 6.07) is 12.9. The van der Waals surface area contributed by atoms with Crippen molar-refractivity contribution < 1.29 is 25.2 Å². The number of aryl methyl sites for hydroxylation is 2. The molecule has 0 saturated carbocycles. The Bertz CT molecular complexity index is 1390. The Balaban J connectivity index is 1.37. The van der Waals surface area contributed by atoms with E-state index >= 15 is 0 Å². The second-order valence-corrected chi connectivity index (χ2v) is 14.8. The Morgan fingerprint density at radius 1 is 0.548 bits per heavy atom. The third kappa shape index (κ3) is 11.7. The summed E-state index contributed by atoms with van der Waals surface area (Å²) in [6.45, 7) is 4.11. The van der Waals surface area contributed by atoms with Crippen molar-refractivity contribution in [1.82, 2.24) is 0 Å². The molecule has 3 aromatic rings. The Hall–Kier alpha value is -2.36. The smallest absolute Gasteiger partial charge is 0.339 e. The molecule has 0 N–H and O–H groups in total. The van der Waals surface area contributed by atoms with Crippen LogP contribution in [0.25, 0.3) is 0 Å². The van der Waals surface area contributed by atoms with E-state index in [9.17, 15) is 16.8 Å². The number of thiophene rings is 1. The van der Waals surface area contributed by atoms with E-state index in [4.69, 9.17) is 8.37 Å². The second-order valence-electron chi connectivity index (χ2n) is 11.0. The predicted octanol–water partition coefficient (Wildman–Crippen LogP) is 9.62. The van der Waals surface area contributed by atoms with Gasteiger partial charge in [-0.1, -0.05) is 120 Å². The molecule has 0 aliphatic carbocycles. The third-order valence-corrected chi connectivity index (χ3v) is 10.5. The van der Waals surface area contributed by atoms with Crippen LogP contribution >= 0.6 is 11.3 Å². The van der Waals surface area contributed by atoms with Gasteiger partial charge in [-0.25, -0.2) is 0 Å². The van der Waals surface area contributed by atoms with E-state index in [2.05, 4.69) is 6.92 Å². The molecule has 0 spiro atoms. The first-order valence-corrected chi connectivity index (χ1v) is 19.1. The van der Waals surface area contributed by atoms with E-state index in [1.165, 1.54) is 118 Å². The van der Waals surface area contributed by atoms with Crippen molar-refractivity contribution in [2.24, 2.45) is 0 Å². The minimum Gasteiger partial charge on any atom is -0.374 e. The molecule has 0 aliphatic heterocycles. The van der Waals surface area contributed by atoms with Gasteiger partial charge < -0.3 is 8.37 Å². The Labute approximate surface area is 257 Å². The molecule has 0 atom stereocenters.